The van der Waals surface area contributed by atoms with E-state index in [2.05, 4.69) is 82.1 Å². The molecule has 1 saturated carbocycles. The molecule has 1 aliphatic rings. The summed E-state index contributed by atoms with van der Waals surface area (Å²) in [5, 5.41) is 13.6. The van der Waals surface area contributed by atoms with Crippen molar-refractivity contribution in [2.24, 2.45) is 5.73 Å². The lowest BCUT2D eigenvalue weighted by atomic mass is 9.89. The lowest BCUT2D eigenvalue weighted by Gasteiger charge is -2.30. The molecule has 0 aliphatic heterocycles. The number of nitrogens with two attached hydrogens (primary N) is 2. The average Bonchev–Trinajstić information content (AvgIpc) is 2.93. The van der Waals surface area contributed by atoms with Crippen molar-refractivity contribution in [3.05, 3.63) is 71.1 Å². The molecule has 0 atom stereocenters. The first-order chi connectivity index (χ1) is 18.7. The summed E-state index contributed by atoms with van der Waals surface area (Å²) in [5.41, 5.74) is 16.8. The third-order valence-corrected chi connectivity index (χ3v) is 7.32. The van der Waals surface area contributed by atoms with E-state index in [1.807, 2.05) is 19.1 Å². The molecule has 0 radical (unpaired) electrons. The van der Waals surface area contributed by atoms with Crippen molar-refractivity contribution >= 4 is 46.1 Å². The minimum atomic E-state index is 0.455. The van der Waals surface area contributed by atoms with Gasteiger partial charge in [-0.15, -0.1) is 13.2 Å². The summed E-state index contributed by atoms with van der Waals surface area (Å²) in [7, 11) is 2.06. The van der Waals surface area contributed by atoms with Crippen LogP contribution in [0.3, 0.4) is 0 Å². The van der Waals surface area contributed by atoms with E-state index < -0.39 is 0 Å². The van der Waals surface area contributed by atoms with Gasteiger partial charge in [-0.2, -0.15) is 0 Å². The van der Waals surface area contributed by atoms with Crippen LogP contribution in [0.15, 0.2) is 55.1 Å². The van der Waals surface area contributed by atoms with Crippen LogP contribution in [0.25, 0.3) is 34.7 Å². The van der Waals surface area contributed by atoms with E-state index in [0.717, 1.165) is 81.0 Å². The Balaban J connectivity index is 0.000000459. The van der Waals surface area contributed by atoms with Crippen molar-refractivity contribution in [3.8, 4) is 0 Å². The third kappa shape index (κ3) is 8.45. The highest BCUT2D eigenvalue weighted by Crippen LogP contribution is 2.32. The van der Waals surface area contributed by atoms with Gasteiger partial charge in [0.25, 0.3) is 0 Å². The number of nitrogens with one attached hydrogen (secondary N) is 2. The van der Waals surface area contributed by atoms with Gasteiger partial charge in [0.2, 0.25) is 0 Å². The Kier molecular flexibility index (Phi) is 13.3. The molecule has 0 spiro atoms. The fraction of sp³-hybridized carbons (Fsp3) is 0.429. The zero-order valence-corrected chi connectivity index (χ0v) is 25.0. The van der Waals surface area contributed by atoms with Gasteiger partial charge in [0.05, 0.1) is 0 Å². The van der Waals surface area contributed by atoms with Crippen LogP contribution in [-0.2, 0) is 6.42 Å². The number of nitrogen functional groups attached to an aromatic ring is 1. The monoisotopic (exact) mass is 528 g/mol. The summed E-state index contributed by atoms with van der Waals surface area (Å²) in [6, 6.07) is 11.6. The molecule has 4 nitrogen and oxygen atoms in total. The largest absolute Gasteiger partial charge is 0.398 e. The molecule has 3 aromatic carbocycles. The molecule has 3 aromatic rings. The first-order valence-electron chi connectivity index (χ1n) is 14.6. The van der Waals surface area contributed by atoms with Crippen LogP contribution in [0.1, 0.15) is 71.3 Å². The Morgan fingerprint density at radius 1 is 1.00 bits per heavy atom. The first kappa shape index (κ1) is 32.1. The molecule has 39 heavy (non-hydrogen) atoms. The number of hydrogen-bond donors (Lipinski definition) is 4. The minimum Gasteiger partial charge on any atom is -0.398 e. The predicted molar refractivity (Wildman–Crippen MR) is 178 cm³/mol. The smallest absolute Gasteiger partial charge is 0.0434 e. The summed E-state index contributed by atoms with van der Waals surface area (Å²) in [6.45, 7) is 23.1. The van der Waals surface area contributed by atoms with Crippen molar-refractivity contribution in [1.29, 1.82) is 0 Å². The number of fused-ring (bicyclic) bond motifs is 2. The molecule has 0 bridgehead atoms. The van der Waals surface area contributed by atoms with Gasteiger partial charge < -0.3 is 22.1 Å². The Morgan fingerprint density at radius 2 is 1.54 bits per heavy atom. The Morgan fingerprint density at radius 3 is 2.00 bits per heavy atom. The molecule has 4 heteroatoms. The molecule has 1 fully saturated rings. The van der Waals surface area contributed by atoms with E-state index >= 15 is 0 Å². The lowest BCUT2D eigenvalue weighted by Crippen LogP contribution is -2.35. The van der Waals surface area contributed by atoms with Crippen LogP contribution >= 0.6 is 0 Å². The average molecular weight is 529 g/mol. The molecule has 4 rings (SSSR count). The standard InChI is InChI=1S/C25H32N4.C7H12.C3H8/c1-15-20-6-4-5-7-21(20)16(2)24-23(15)22(14-17(12-13-26)25(24)27)29-19-10-8-18(28-3)9-11-19;1-4-5-6-7(2)3;1-3-2/h4-7,14,18-19,28-29H,1-2,8-13,26-27H2,3H3;4H,1-2,5-6H2,3H3;3H2,1-2H3. The first-order valence-corrected chi connectivity index (χ1v) is 14.6. The Hall–Kier alpha value is -3.08. The van der Waals surface area contributed by atoms with E-state index in [9.17, 15) is 0 Å². The van der Waals surface area contributed by atoms with Crippen molar-refractivity contribution in [2.45, 2.75) is 84.2 Å². The zero-order valence-electron chi connectivity index (χ0n) is 25.0. The Labute approximate surface area is 236 Å². The third-order valence-electron chi connectivity index (χ3n) is 7.32. The van der Waals surface area contributed by atoms with E-state index in [1.54, 1.807) is 0 Å². The predicted octanol–water partition coefficient (Wildman–Crippen LogP) is 6.78. The second-order valence-corrected chi connectivity index (χ2v) is 10.8. The van der Waals surface area contributed by atoms with Gasteiger partial charge in [-0.25, -0.2) is 0 Å². The number of allylic oxidation sites excluding steroid dienone is 2. The van der Waals surface area contributed by atoms with Crippen LogP contribution in [-0.4, -0.2) is 25.7 Å². The normalized spacial score (nSPS) is 16.5. The van der Waals surface area contributed by atoms with E-state index in [-0.39, 0.29) is 0 Å². The van der Waals surface area contributed by atoms with Gasteiger partial charge in [0.1, 0.15) is 0 Å². The number of anilines is 2. The summed E-state index contributed by atoms with van der Waals surface area (Å²) in [6.07, 6.45) is 10.8. The van der Waals surface area contributed by atoms with Gasteiger partial charge in [0, 0.05) is 34.2 Å². The van der Waals surface area contributed by atoms with Gasteiger partial charge >= 0.3 is 0 Å². The highest BCUT2D eigenvalue weighted by atomic mass is 14.9. The van der Waals surface area contributed by atoms with Crippen LogP contribution < -0.4 is 32.5 Å². The van der Waals surface area contributed by atoms with Crippen LogP contribution in [0.5, 0.6) is 0 Å². The molecule has 212 valence electrons. The molecule has 0 saturated heterocycles. The SMILES string of the molecule is C=CCCC(=C)C.C=c1c2ccccc2c(=C)c2c(N)c(CCN)cc(NC3CCC(NC)CC3)c12.CCC. The number of hydrogen-bond acceptors (Lipinski definition) is 4. The highest BCUT2D eigenvalue weighted by Gasteiger charge is 2.22. The van der Waals surface area contributed by atoms with Gasteiger partial charge in [-0.05, 0) is 98.3 Å². The van der Waals surface area contributed by atoms with Gasteiger partial charge in [-0.3, -0.25) is 0 Å². The Bertz CT molecular complexity index is 1330. The molecule has 0 unspecified atom stereocenters. The van der Waals surface area contributed by atoms with E-state index in [4.69, 9.17) is 11.5 Å². The second kappa shape index (κ2) is 16.1. The number of rotatable bonds is 8. The van der Waals surface area contributed by atoms with E-state index in [1.165, 1.54) is 24.8 Å². The molecule has 0 aromatic heterocycles. The van der Waals surface area contributed by atoms with E-state index in [0.29, 0.717) is 18.6 Å². The molecular formula is C35H52N4. The maximum absolute atomic E-state index is 6.64. The summed E-state index contributed by atoms with van der Waals surface area (Å²) in [4.78, 5) is 0. The molecule has 0 amide bonds. The van der Waals surface area contributed by atoms with Crippen molar-refractivity contribution in [2.75, 3.05) is 24.6 Å². The van der Waals surface area contributed by atoms with Crippen molar-refractivity contribution in [3.63, 3.8) is 0 Å². The second-order valence-electron chi connectivity index (χ2n) is 10.8. The quantitative estimate of drug-likeness (QED) is 0.148. The zero-order chi connectivity index (χ0) is 28.9. The lowest BCUT2D eigenvalue weighted by molar-refractivity contribution is 0.371. The minimum absolute atomic E-state index is 0.455. The van der Waals surface area contributed by atoms with Crippen LogP contribution in [0.4, 0.5) is 11.4 Å². The highest BCUT2D eigenvalue weighted by molar-refractivity contribution is 6.10. The number of benzene rings is 3. The van der Waals surface area contributed by atoms with Gasteiger partial charge in [0.15, 0.2) is 0 Å². The molecule has 1 aliphatic carbocycles. The van der Waals surface area contributed by atoms with Crippen LogP contribution in [0.2, 0.25) is 0 Å². The van der Waals surface area contributed by atoms with Crippen LogP contribution in [0, 0.1) is 0 Å². The maximum Gasteiger partial charge on any atom is 0.0434 e. The summed E-state index contributed by atoms with van der Waals surface area (Å²) in [5.74, 6) is 0. The van der Waals surface area contributed by atoms with Crippen molar-refractivity contribution < 1.29 is 0 Å². The molecule has 6 N–H and O–H groups in total. The van der Waals surface area contributed by atoms with Crippen molar-refractivity contribution in [1.82, 2.24) is 5.32 Å². The molecular weight excluding hydrogens is 476 g/mol. The van der Waals surface area contributed by atoms with Gasteiger partial charge in [-0.1, -0.05) is 69.3 Å². The maximum atomic E-state index is 6.64. The summed E-state index contributed by atoms with van der Waals surface area (Å²) < 4.78 is 0. The fourth-order valence-corrected chi connectivity index (χ4v) is 5.23. The topological polar surface area (TPSA) is 76.1 Å². The fourth-order valence-electron chi connectivity index (χ4n) is 5.23. The summed E-state index contributed by atoms with van der Waals surface area (Å²) >= 11 is 0. The molecule has 0 heterocycles.